The molecule has 0 bridgehead atoms. The molecule has 0 aliphatic carbocycles. The first kappa shape index (κ1) is 37.1. The maximum absolute atomic E-state index is 11.5. The van der Waals surface area contributed by atoms with Crippen molar-refractivity contribution in [2.45, 2.75) is 5.54 Å². The summed E-state index contributed by atoms with van der Waals surface area (Å²) in [7, 11) is 1.57. The molecule has 0 saturated carbocycles. The molecular weight excluding hydrogens is 801 g/mol. The number of allylic oxidation sites excluding steroid dienone is 1. The second-order valence-corrected chi connectivity index (χ2v) is 14.8. The Hall–Kier alpha value is -8.98. The molecular formula is C48H32N8O7. The van der Waals surface area contributed by atoms with E-state index in [1.165, 1.54) is 12.1 Å². The Morgan fingerprint density at radius 2 is 1.43 bits per heavy atom. The number of benzene rings is 6. The SMILES string of the molecule is COc1ccc(N=c2nc(Oc3ccc(C4(c5ccc(O)cc5O)N=C5N=CC=C6c7ccccc7N=C4N65)cc3)cc3c4ccccc4nc(-c4c(O)cc(O)cc4O)n23)cc1. The van der Waals surface area contributed by atoms with Crippen LogP contribution in [0, 0.1) is 0 Å². The molecule has 63 heavy (non-hydrogen) atoms. The third-order valence-corrected chi connectivity index (χ3v) is 11.1. The number of phenolic OH excluding ortho intramolecular Hbond substituents is 5. The second-order valence-electron chi connectivity index (χ2n) is 14.8. The van der Waals surface area contributed by atoms with Crippen LogP contribution in [0.2, 0.25) is 0 Å². The molecule has 306 valence electrons. The third kappa shape index (κ3) is 5.89. The van der Waals surface area contributed by atoms with Crippen LogP contribution in [0.25, 0.3) is 33.5 Å². The van der Waals surface area contributed by atoms with E-state index in [0.717, 1.165) is 29.1 Å². The minimum Gasteiger partial charge on any atom is -0.508 e. The number of hydrogen-bond acceptors (Lipinski definition) is 14. The zero-order valence-electron chi connectivity index (χ0n) is 33.0. The lowest BCUT2D eigenvalue weighted by molar-refractivity contribution is 0.415. The number of ether oxygens (including phenoxy) is 2. The maximum Gasteiger partial charge on any atom is 0.239 e. The predicted octanol–water partition coefficient (Wildman–Crippen LogP) is 8.20. The van der Waals surface area contributed by atoms with Crippen LogP contribution in [0.4, 0.5) is 11.4 Å². The Morgan fingerprint density at radius 1 is 0.698 bits per heavy atom. The highest BCUT2D eigenvalue weighted by molar-refractivity contribution is 6.24. The number of hydrogen-bond donors (Lipinski definition) is 5. The third-order valence-electron chi connectivity index (χ3n) is 11.1. The molecule has 0 spiro atoms. The van der Waals surface area contributed by atoms with Crippen LogP contribution in [0.5, 0.6) is 46.1 Å². The van der Waals surface area contributed by atoms with Gasteiger partial charge in [-0.15, -0.1) is 0 Å². The minimum absolute atomic E-state index is 0.0506. The lowest BCUT2D eigenvalue weighted by Gasteiger charge is -2.35. The van der Waals surface area contributed by atoms with Gasteiger partial charge in [0.15, 0.2) is 17.2 Å². The van der Waals surface area contributed by atoms with Crippen molar-refractivity contribution in [1.29, 1.82) is 0 Å². The number of nitrogens with zero attached hydrogens (tertiary/aromatic N) is 8. The molecule has 0 fully saturated rings. The molecule has 3 aliphatic rings. The van der Waals surface area contributed by atoms with Crippen molar-refractivity contribution in [3.05, 3.63) is 162 Å². The maximum atomic E-state index is 11.5. The van der Waals surface area contributed by atoms with Crippen LogP contribution >= 0.6 is 0 Å². The molecule has 15 nitrogen and oxygen atoms in total. The number of aromatic nitrogens is 3. The van der Waals surface area contributed by atoms with Crippen LogP contribution < -0.4 is 15.1 Å². The highest BCUT2D eigenvalue weighted by Gasteiger charge is 2.53. The molecule has 6 aromatic carbocycles. The summed E-state index contributed by atoms with van der Waals surface area (Å²) in [4.78, 5) is 31.4. The van der Waals surface area contributed by atoms with Crippen LogP contribution in [-0.2, 0) is 5.54 Å². The number of fused-ring (bicyclic) bond motifs is 5. The van der Waals surface area contributed by atoms with Crippen LogP contribution in [0.1, 0.15) is 16.7 Å². The van der Waals surface area contributed by atoms with Gasteiger partial charge in [0, 0.05) is 47.0 Å². The van der Waals surface area contributed by atoms with Gasteiger partial charge in [0.25, 0.3) is 0 Å². The quantitative estimate of drug-likeness (QED) is 0.0975. The Balaban J connectivity index is 1.09. The molecule has 5 N–H and O–H groups in total. The predicted molar refractivity (Wildman–Crippen MR) is 235 cm³/mol. The van der Waals surface area contributed by atoms with E-state index < -0.39 is 17.0 Å². The van der Waals surface area contributed by atoms with Crippen molar-refractivity contribution >= 4 is 51.5 Å². The van der Waals surface area contributed by atoms with E-state index in [0.29, 0.717) is 56.5 Å². The largest absolute Gasteiger partial charge is 0.508 e. The number of guanidine groups is 1. The van der Waals surface area contributed by atoms with Crippen LogP contribution in [0.3, 0.4) is 0 Å². The Morgan fingerprint density at radius 3 is 2.21 bits per heavy atom. The normalized spacial score (nSPS) is 16.4. The molecule has 0 saturated heterocycles. The standard InChI is InChI=1S/C48H32N8O7/c1-62-30-17-12-27(13-18-30)50-47-53-42(25-38-33-7-3-4-8-35(33)51-44(55(38)47)43-40(60)23-29(58)24-41(43)61)63-31-15-10-26(11-16-31)48(34-19-14-28(57)22-39(34)59)45-52-36-9-5-2-6-32(36)37-20-21-49-46(54-48)56(37)45/h2-25,57-61H,1H3. The molecule has 2 aromatic heterocycles. The van der Waals surface area contributed by atoms with Crippen molar-refractivity contribution in [2.75, 3.05) is 7.11 Å². The number of rotatable bonds is 7. The molecule has 11 rings (SSSR count). The van der Waals surface area contributed by atoms with Gasteiger partial charge in [0.05, 0.1) is 35.2 Å². The molecule has 15 heteroatoms. The summed E-state index contributed by atoms with van der Waals surface area (Å²) in [6.45, 7) is 0. The first-order valence-electron chi connectivity index (χ1n) is 19.6. The summed E-state index contributed by atoms with van der Waals surface area (Å²) in [5.41, 5.74) is 3.66. The zero-order valence-corrected chi connectivity index (χ0v) is 33.0. The van der Waals surface area contributed by atoms with Gasteiger partial charge in [-0.25, -0.2) is 25.0 Å². The van der Waals surface area contributed by atoms with E-state index in [2.05, 4.69) is 4.99 Å². The minimum atomic E-state index is -1.41. The van der Waals surface area contributed by atoms with Gasteiger partial charge < -0.3 is 35.0 Å². The number of aromatic hydroxyl groups is 5. The highest BCUT2D eigenvalue weighted by atomic mass is 16.5. The van der Waals surface area contributed by atoms with E-state index >= 15 is 0 Å². The molecule has 0 radical (unpaired) electrons. The molecule has 1 unspecified atom stereocenters. The first-order chi connectivity index (χ1) is 30.7. The second kappa shape index (κ2) is 14.1. The fourth-order valence-electron chi connectivity index (χ4n) is 8.27. The van der Waals surface area contributed by atoms with Crippen molar-refractivity contribution in [3.63, 3.8) is 0 Å². The molecule has 8 aromatic rings. The van der Waals surface area contributed by atoms with E-state index in [9.17, 15) is 25.5 Å². The average Bonchev–Trinajstić information content (AvgIpc) is 3.61. The van der Waals surface area contributed by atoms with Gasteiger partial charge in [-0.2, -0.15) is 4.98 Å². The van der Waals surface area contributed by atoms with Crippen LogP contribution in [-0.4, -0.2) is 69.9 Å². The molecule has 1 atom stereocenters. The Labute approximate surface area is 356 Å². The Bertz CT molecular complexity index is 3410. The number of amidine groups is 1. The van der Waals surface area contributed by atoms with Crippen LogP contribution in [0.15, 0.2) is 160 Å². The van der Waals surface area contributed by atoms with E-state index in [-0.39, 0.29) is 40.1 Å². The van der Waals surface area contributed by atoms with Crippen molar-refractivity contribution in [3.8, 4) is 57.5 Å². The highest BCUT2D eigenvalue weighted by Crippen LogP contribution is 2.51. The fourth-order valence-corrected chi connectivity index (χ4v) is 8.27. The number of phenols is 5. The fraction of sp³-hybridized carbons (Fsp3) is 0.0417. The smallest absolute Gasteiger partial charge is 0.239 e. The average molecular weight is 833 g/mol. The lowest BCUT2D eigenvalue weighted by atomic mass is 9.81. The monoisotopic (exact) mass is 832 g/mol. The van der Waals surface area contributed by atoms with E-state index in [1.807, 2.05) is 65.6 Å². The summed E-state index contributed by atoms with van der Waals surface area (Å²) >= 11 is 0. The number of aliphatic imine (C=N–C) groups is 3. The summed E-state index contributed by atoms with van der Waals surface area (Å²) in [6, 6.07) is 37.6. The van der Waals surface area contributed by atoms with Crippen molar-refractivity contribution in [2.24, 2.45) is 20.0 Å². The van der Waals surface area contributed by atoms with E-state index in [1.54, 1.807) is 72.3 Å². The molecule has 0 amide bonds. The summed E-state index contributed by atoms with van der Waals surface area (Å²) in [5.74, 6) is 0.690. The van der Waals surface area contributed by atoms with E-state index in [4.69, 9.17) is 34.4 Å². The van der Waals surface area contributed by atoms with Gasteiger partial charge in [0.1, 0.15) is 45.8 Å². The molecule has 5 heterocycles. The zero-order chi connectivity index (χ0) is 43.0. The summed E-state index contributed by atoms with van der Waals surface area (Å²) in [5, 5.41) is 54.9. The topological polar surface area (TPSA) is 202 Å². The van der Waals surface area contributed by atoms with Gasteiger partial charge in [-0.1, -0.05) is 48.5 Å². The van der Waals surface area contributed by atoms with Gasteiger partial charge in [-0.3, -0.25) is 9.30 Å². The molecule has 3 aliphatic heterocycles. The Kier molecular flexibility index (Phi) is 8.27. The number of methoxy groups -OCH3 is 1. The van der Waals surface area contributed by atoms with Crippen molar-refractivity contribution < 1.29 is 35.0 Å². The summed E-state index contributed by atoms with van der Waals surface area (Å²) in [6.07, 6.45) is 3.59. The summed E-state index contributed by atoms with van der Waals surface area (Å²) < 4.78 is 13.5. The lowest BCUT2D eigenvalue weighted by Crippen LogP contribution is -2.42. The van der Waals surface area contributed by atoms with Gasteiger partial charge in [-0.05, 0) is 72.3 Å². The first-order valence-corrected chi connectivity index (χ1v) is 19.6. The van der Waals surface area contributed by atoms with Crippen molar-refractivity contribution in [1.82, 2.24) is 19.3 Å². The van der Waals surface area contributed by atoms with Gasteiger partial charge in [0.2, 0.25) is 17.5 Å². The number of para-hydroxylation sites is 2. The van der Waals surface area contributed by atoms with Gasteiger partial charge >= 0.3 is 0 Å².